The van der Waals surface area contributed by atoms with Crippen molar-refractivity contribution in [2.45, 2.75) is 32.6 Å². The van der Waals surface area contributed by atoms with Gasteiger partial charge in [0.25, 0.3) is 0 Å². The Bertz CT molecular complexity index is 378. The minimum atomic E-state index is 0.491. The number of rotatable bonds is 3. The maximum atomic E-state index is 5.99. The summed E-state index contributed by atoms with van der Waals surface area (Å²) in [7, 11) is 0. The molecule has 1 fully saturated rings. The van der Waals surface area contributed by atoms with Crippen molar-refractivity contribution in [3.8, 4) is 0 Å². The first kappa shape index (κ1) is 13.1. The molecular weight excluding hydrogens is 302 g/mol. The van der Waals surface area contributed by atoms with Crippen LogP contribution in [0.25, 0.3) is 0 Å². The molecule has 17 heavy (non-hydrogen) atoms. The van der Waals surface area contributed by atoms with Crippen molar-refractivity contribution in [3.63, 3.8) is 0 Å². The maximum Gasteiger partial charge on any atom is 0.148 e. The maximum absolute atomic E-state index is 5.99. The summed E-state index contributed by atoms with van der Waals surface area (Å²) in [6, 6.07) is 0. The van der Waals surface area contributed by atoms with Crippen LogP contribution in [0, 0.1) is 5.92 Å². The molecule has 2 heterocycles. The Balaban J connectivity index is 2.03. The van der Waals surface area contributed by atoms with E-state index in [1.807, 2.05) is 0 Å². The molecule has 94 valence electrons. The molecule has 0 amide bonds. The van der Waals surface area contributed by atoms with Crippen LogP contribution < -0.4 is 4.90 Å². The predicted octanol–water partition coefficient (Wildman–Crippen LogP) is 3.91. The Morgan fingerprint density at radius 3 is 2.76 bits per heavy atom. The largest absolute Gasteiger partial charge is 0.356 e. The first-order valence-electron chi connectivity index (χ1n) is 6.13. The third-order valence-corrected chi connectivity index (χ3v) is 4.58. The lowest BCUT2D eigenvalue weighted by atomic mass is 9.92. The topological polar surface area (TPSA) is 29.0 Å². The number of hydrogen-bond acceptors (Lipinski definition) is 3. The minimum Gasteiger partial charge on any atom is -0.356 e. The van der Waals surface area contributed by atoms with Crippen LogP contribution in [-0.2, 0) is 0 Å². The Hall–Kier alpha value is -0.350. The number of aromatic nitrogens is 2. The molecule has 0 bridgehead atoms. The second-order valence-corrected chi connectivity index (χ2v) is 5.67. The monoisotopic (exact) mass is 317 g/mol. The van der Waals surface area contributed by atoms with E-state index in [4.69, 9.17) is 11.6 Å². The molecule has 0 spiro atoms. The molecule has 0 N–H and O–H groups in total. The van der Waals surface area contributed by atoms with E-state index in [0.29, 0.717) is 5.15 Å². The molecule has 0 saturated carbocycles. The van der Waals surface area contributed by atoms with Crippen LogP contribution in [0.2, 0.25) is 5.15 Å². The lowest BCUT2D eigenvalue weighted by Gasteiger charge is -2.33. The van der Waals surface area contributed by atoms with Gasteiger partial charge in [-0.1, -0.05) is 31.4 Å². The van der Waals surface area contributed by atoms with Crippen molar-refractivity contribution in [2.24, 2.45) is 5.92 Å². The Labute approximate surface area is 116 Å². The smallest absolute Gasteiger partial charge is 0.148 e. The summed E-state index contributed by atoms with van der Waals surface area (Å²) in [5.74, 6) is 1.81. The highest BCUT2D eigenvalue weighted by Gasteiger charge is 2.21. The lowest BCUT2D eigenvalue weighted by molar-refractivity contribution is 0.377. The molecule has 0 aromatic carbocycles. The average molecular weight is 319 g/mol. The predicted molar refractivity (Wildman–Crippen MR) is 74.6 cm³/mol. The van der Waals surface area contributed by atoms with Gasteiger partial charge >= 0.3 is 0 Å². The molecule has 1 aromatic heterocycles. The Kier molecular flexibility index (Phi) is 4.62. The van der Waals surface area contributed by atoms with Gasteiger partial charge in [-0.15, -0.1) is 0 Å². The van der Waals surface area contributed by atoms with Crippen molar-refractivity contribution in [3.05, 3.63) is 16.0 Å². The van der Waals surface area contributed by atoms with Gasteiger partial charge in [0, 0.05) is 13.1 Å². The summed E-state index contributed by atoms with van der Waals surface area (Å²) in [6.45, 7) is 4.39. The molecule has 0 radical (unpaired) electrons. The highest BCUT2D eigenvalue weighted by molar-refractivity contribution is 9.10. The summed E-state index contributed by atoms with van der Waals surface area (Å²) >= 11 is 9.45. The van der Waals surface area contributed by atoms with Crippen molar-refractivity contribution in [1.29, 1.82) is 0 Å². The zero-order valence-electron chi connectivity index (χ0n) is 9.99. The SMILES string of the molecule is CCCC1CCN(c2ncnc(Cl)c2Br)CC1. The summed E-state index contributed by atoms with van der Waals surface area (Å²) in [6.07, 6.45) is 6.66. The minimum absolute atomic E-state index is 0.491. The number of halogens is 2. The number of hydrogen-bond donors (Lipinski definition) is 0. The summed E-state index contributed by atoms with van der Waals surface area (Å²) < 4.78 is 0.815. The van der Waals surface area contributed by atoms with E-state index in [-0.39, 0.29) is 0 Å². The second kappa shape index (κ2) is 6.01. The summed E-state index contributed by atoms with van der Waals surface area (Å²) in [4.78, 5) is 10.6. The van der Waals surface area contributed by atoms with E-state index in [2.05, 4.69) is 37.7 Å². The Morgan fingerprint density at radius 2 is 2.12 bits per heavy atom. The lowest BCUT2D eigenvalue weighted by Crippen LogP contribution is -2.34. The molecule has 1 aromatic rings. The molecule has 0 aliphatic carbocycles. The van der Waals surface area contributed by atoms with E-state index in [9.17, 15) is 0 Å². The van der Waals surface area contributed by atoms with Gasteiger partial charge in [-0.25, -0.2) is 9.97 Å². The van der Waals surface area contributed by atoms with Crippen LogP contribution in [0.4, 0.5) is 5.82 Å². The van der Waals surface area contributed by atoms with E-state index in [0.717, 1.165) is 29.3 Å². The van der Waals surface area contributed by atoms with E-state index in [1.54, 1.807) is 0 Å². The molecule has 1 aliphatic heterocycles. The zero-order chi connectivity index (χ0) is 12.3. The van der Waals surface area contributed by atoms with Crippen LogP contribution in [0.3, 0.4) is 0 Å². The van der Waals surface area contributed by atoms with Gasteiger partial charge in [0.1, 0.15) is 17.3 Å². The van der Waals surface area contributed by atoms with Crippen LogP contribution in [-0.4, -0.2) is 23.1 Å². The summed E-state index contributed by atoms with van der Waals surface area (Å²) in [5.41, 5.74) is 0. The van der Waals surface area contributed by atoms with Gasteiger partial charge in [0.2, 0.25) is 0 Å². The third-order valence-electron chi connectivity index (χ3n) is 3.34. The fourth-order valence-corrected chi connectivity index (χ4v) is 2.99. The standard InChI is InChI=1S/C12H17BrClN3/c1-2-3-9-4-6-17(7-5-9)12-10(13)11(14)15-8-16-12/h8-9H,2-7H2,1H3. The second-order valence-electron chi connectivity index (χ2n) is 4.52. The van der Waals surface area contributed by atoms with Crippen LogP contribution >= 0.6 is 27.5 Å². The van der Waals surface area contributed by atoms with Gasteiger partial charge in [0.05, 0.1) is 4.47 Å². The molecular formula is C12H17BrClN3. The van der Waals surface area contributed by atoms with E-state index in [1.165, 1.54) is 32.0 Å². The normalized spacial score (nSPS) is 17.5. The van der Waals surface area contributed by atoms with Gasteiger partial charge in [-0.2, -0.15) is 0 Å². The quantitative estimate of drug-likeness (QED) is 0.791. The van der Waals surface area contributed by atoms with Crippen molar-refractivity contribution >= 4 is 33.3 Å². The Morgan fingerprint density at radius 1 is 1.41 bits per heavy atom. The first-order chi connectivity index (χ1) is 8.22. The average Bonchev–Trinajstić information content (AvgIpc) is 2.34. The molecule has 2 rings (SSSR count). The van der Waals surface area contributed by atoms with Gasteiger partial charge in [-0.3, -0.25) is 0 Å². The van der Waals surface area contributed by atoms with Crippen LogP contribution in [0.5, 0.6) is 0 Å². The fourth-order valence-electron chi connectivity index (χ4n) is 2.40. The van der Waals surface area contributed by atoms with E-state index < -0.39 is 0 Å². The molecule has 0 unspecified atom stereocenters. The highest BCUT2D eigenvalue weighted by Crippen LogP contribution is 2.32. The molecule has 1 aliphatic rings. The molecule has 0 atom stereocenters. The summed E-state index contributed by atoms with van der Waals surface area (Å²) in [5, 5.41) is 0.491. The number of anilines is 1. The number of piperidine rings is 1. The fraction of sp³-hybridized carbons (Fsp3) is 0.667. The third kappa shape index (κ3) is 3.10. The molecule has 5 heteroatoms. The van der Waals surface area contributed by atoms with Gasteiger partial charge in [-0.05, 0) is 34.7 Å². The van der Waals surface area contributed by atoms with Crippen molar-refractivity contribution in [1.82, 2.24) is 9.97 Å². The number of nitrogens with zero attached hydrogens (tertiary/aromatic N) is 3. The molecule has 1 saturated heterocycles. The van der Waals surface area contributed by atoms with Crippen molar-refractivity contribution in [2.75, 3.05) is 18.0 Å². The molecule has 3 nitrogen and oxygen atoms in total. The van der Waals surface area contributed by atoms with E-state index >= 15 is 0 Å². The van der Waals surface area contributed by atoms with Crippen molar-refractivity contribution < 1.29 is 0 Å². The van der Waals surface area contributed by atoms with Crippen LogP contribution in [0.15, 0.2) is 10.8 Å². The van der Waals surface area contributed by atoms with Crippen LogP contribution in [0.1, 0.15) is 32.6 Å². The highest BCUT2D eigenvalue weighted by atomic mass is 79.9. The van der Waals surface area contributed by atoms with Gasteiger partial charge in [0.15, 0.2) is 0 Å². The van der Waals surface area contributed by atoms with Gasteiger partial charge < -0.3 is 4.90 Å². The zero-order valence-corrected chi connectivity index (χ0v) is 12.3. The first-order valence-corrected chi connectivity index (χ1v) is 7.30.